The van der Waals surface area contributed by atoms with Gasteiger partial charge < -0.3 is 4.90 Å². The van der Waals surface area contributed by atoms with Crippen molar-refractivity contribution in [1.82, 2.24) is 20.6 Å². The minimum atomic E-state index is 0.641. The van der Waals surface area contributed by atoms with Gasteiger partial charge in [0.05, 0.1) is 0 Å². The molecule has 5 nitrogen and oxygen atoms in total. The molecule has 0 amide bonds. The predicted octanol–water partition coefficient (Wildman–Crippen LogP) is 1.71. The molecular weight excluding hydrogens is 202 g/mol. The number of benzene rings is 1. The third kappa shape index (κ3) is 1.88. The van der Waals surface area contributed by atoms with E-state index < -0.39 is 0 Å². The summed E-state index contributed by atoms with van der Waals surface area (Å²) in [5.74, 6) is 0.641. The smallest absolute Gasteiger partial charge is 0.206 e. The average Bonchev–Trinajstić information content (AvgIpc) is 2.85. The second-order valence-electron chi connectivity index (χ2n) is 3.42. The van der Waals surface area contributed by atoms with Crippen LogP contribution in [-0.2, 0) is 0 Å². The van der Waals surface area contributed by atoms with E-state index >= 15 is 0 Å². The summed E-state index contributed by atoms with van der Waals surface area (Å²) < 4.78 is 0. The zero-order valence-corrected chi connectivity index (χ0v) is 9.51. The van der Waals surface area contributed by atoms with Crippen molar-refractivity contribution in [1.29, 1.82) is 0 Å². The summed E-state index contributed by atoms with van der Waals surface area (Å²) in [5, 5.41) is 14.1. The summed E-state index contributed by atoms with van der Waals surface area (Å²) in [4.78, 5) is 2.27. The number of H-pyrrole nitrogens is 1. The van der Waals surface area contributed by atoms with Gasteiger partial charge in [-0.2, -0.15) is 5.21 Å². The van der Waals surface area contributed by atoms with Crippen LogP contribution in [0.4, 0.5) is 5.69 Å². The van der Waals surface area contributed by atoms with Gasteiger partial charge in [0.1, 0.15) is 0 Å². The molecule has 0 radical (unpaired) electrons. The Morgan fingerprint density at radius 3 is 2.56 bits per heavy atom. The third-order valence-electron chi connectivity index (χ3n) is 2.59. The first kappa shape index (κ1) is 10.6. The highest BCUT2D eigenvalue weighted by Crippen LogP contribution is 2.27. The highest BCUT2D eigenvalue weighted by atomic mass is 15.5. The minimum Gasteiger partial charge on any atom is -0.371 e. The lowest BCUT2D eigenvalue weighted by atomic mass is 10.1. The molecule has 2 rings (SSSR count). The van der Waals surface area contributed by atoms with Crippen LogP contribution in [0.1, 0.15) is 13.8 Å². The minimum absolute atomic E-state index is 0.641. The first-order valence-electron chi connectivity index (χ1n) is 5.44. The zero-order valence-electron chi connectivity index (χ0n) is 9.51. The molecule has 0 bridgehead atoms. The quantitative estimate of drug-likeness (QED) is 0.847. The monoisotopic (exact) mass is 217 g/mol. The molecule has 0 saturated heterocycles. The Kier molecular flexibility index (Phi) is 3.14. The maximum Gasteiger partial charge on any atom is 0.206 e. The van der Waals surface area contributed by atoms with Crippen LogP contribution in [0.15, 0.2) is 24.3 Å². The summed E-state index contributed by atoms with van der Waals surface area (Å²) in [6.07, 6.45) is 0. The van der Waals surface area contributed by atoms with E-state index in [1.54, 1.807) is 0 Å². The lowest BCUT2D eigenvalue weighted by molar-refractivity contribution is 0.866. The Morgan fingerprint density at radius 1 is 1.19 bits per heavy atom. The van der Waals surface area contributed by atoms with Gasteiger partial charge in [-0.05, 0) is 31.2 Å². The van der Waals surface area contributed by atoms with E-state index in [1.807, 2.05) is 18.2 Å². The molecule has 1 aromatic heterocycles. The number of aromatic nitrogens is 4. The highest BCUT2D eigenvalue weighted by Gasteiger charge is 2.12. The van der Waals surface area contributed by atoms with Crippen molar-refractivity contribution in [2.45, 2.75) is 13.8 Å². The van der Waals surface area contributed by atoms with Crippen LogP contribution >= 0.6 is 0 Å². The molecule has 0 aliphatic carbocycles. The summed E-state index contributed by atoms with van der Waals surface area (Å²) in [6, 6.07) is 8.10. The van der Waals surface area contributed by atoms with Gasteiger partial charge in [-0.3, -0.25) is 0 Å². The van der Waals surface area contributed by atoms with Crippen molar-refractivity contribution >= 4 is 5.69 Å². The van der Waals surface area contributed by atoms with Gasteiger partial charge in [-0.1, -0.05) is 12.1 Å². The molecule has 0 fully saturated rings. The number of aromatic amines is 1. The summed E-state index contributed by atoms with van der Waals surface area (Å²) in [6.45, 7) is 6.20. The fourth-order valence-corrected chi connectivity index (χ4v) is 1.78. The van der Waals surface area contributed by atoms with Crippen molar-refractivity contribution < 1.29 is 0 Å². The summed E-state index contributed by atoms with van der Waals surface area (Å²) in [7, 11) is 0. The number of nitrogens with zero attached hydrogens (tertiary/aromatic N) is 4. The van der Waals surface area contributed by atoms with Crippen LogP contribution in [0.2, 0.25) is 0 Å². The Hall–Kier alpha value is -1.91. The molecule has 84 valence electrons. The van der Waals surface area contributed by atoms with E-state index in [9.17, 15) is 0 Å². The molecule has 0 spiro atoms. The van der Waals surface area contributed by atoms with E-state index in [2.05, 4.69) is 45.4 Å². The van der Waals surface area contributed by atoms with E-state index in [0.29, 0.717) is 5.82 Å². The van der Waals surface area contributed by atoms with Crippen molar-refractivity contribution in [3.05, 3.63) is 24.3 Å². The second kappa shape index (κ2) is 4.74. The Morgan fingerprint density at radius 2 is 1.94 bits per heavy atom. The van der Waals surface area contributed by atoms with Gasteiger partial charge in [0.15, 0.2) is 0 Å². The molecule has 5 heteroatoms. The van der Waals surface area contributed by atoms with Crippen LogP contribution < -0.4 is 4.90 Å². The van der Waals surface area contributed by atoms with Crippen LogP contribution in [0, 0.1) is 0 Å². The van der Waals surface area contributed by atoms with Gasteiger partial charge in [0, 0.05) is 24.3 Å². The number of hydrogen-bond acceptors (Lipinski definition) is 4. The molecule has 1 heterocycles. The number of anilines is 1. The number of para-hydroxylation sites is 1. The Bertz CT molecular complexity index is 433. The average molecular weight is 217 g/mol. The first-order chi connectivity index (χ1) is 7.86. The molecule has 0 aliphatic heterocycles. The summed E-state index contributed by atoms with van der Waals surface area (Å²) >= 11 is 0. The van der Waals surface area contributed by atoms with E-state index in [1.165, 1.54) is 0 Å². The number of rotatable bonds is 4. The topological polar surface area (TPSA) is 57.7 Å². The van der Waals surface area contributed by atoms with Crippen LogP contribution in [0.25, 0.3) is 11.4 Å². The first-order valence-corrected chi connectivity index (χ1v) is 5.44. The number of nitrogens with one attached hydrogen (secondary N) is 1. The van der Waals surface area contributed by atoms with E-state index in [4.69, 9.17) is 0 Å². The molecular formula is C11H15N5. The normalized spacial score (nSPS) is 10.4. The number of hydrogen-bond donors (Lipinski definition) is 1. The summed E-state index contributed by atoms with van der Waals surface area (Å²) in [5.41, 5.74) is 2.16. The molecule has 1 aromatic carbocycles. The molecule has 0 atom stereocenters. The van der Waals surface area contributed by atoms with Crippen LogP contribution in [0.5, 0.6) is 0 Å². The zero-order chi connectivity index (χ0) is 11.4. The van der Waals surface area contributed by atoms with Gasteiger partial charge in [-0.15, -0.1) is 10.2 Å². The standard InChI is InChI=1S/C11H15N5/c1-3-16(4-2)10-8-6-5-7-9(10)11-12-14-15-13-11/h5-8H,3-4H2,1-2H3,(H,12,13,14,15). The van der Waals surface area contributed by atoms with Crippen LogP contribution in [0.3, 0.4) is 0 Å². The predicted molar refractivity (Wildman–Crippen MR) is 63.2 cm³/mol. The van der Waals surface area contributed by atoms with Crippen LogP contribution in [-0.4, -0.2) is 33.7 Å². The fourth-order valence-electron chi connectivity index (χ4n) is 1.78. The van der Waals surface area contributed by atoms with Gasteiger partial charge in [0.25, 0.3) is 0 Å². The van der Waals surface area contributed by atoms with Crippen molar-refractivity contribution in [2.24, 2.45) is 0 Å². The Labute approximate surface area is 94.5 Å². The van der Waals surface area contributed by atoms with E-state index in [0.717, 1.165) is 24.3 Å². The van der Waals surface area contributed by atoms with Gasteiger partial charge >= 0.3 is 0 Å². The molecule has 0 unspecified atom stereocenters. The maximum absolute atomic E-state index is 4.02. The molecule has 16 heavy (non-hydrogen) atoms. The van der Waals surface area contributed by atoms with Gasteiger partial charge in [-0.25, -0.2) is 0 Å². The SMILES string of the molecule is CCN(CC)c1ccccc1-c1nn[nH]n1. The molecule has 2 aromatic rings. The maximum atomic E-state index is 4.02. The number of tetrazole rings is 1. The highest BCUT2D eigenvalue weighted by molar-refractivity contribution is 5.73. The fraction of sp³-hybridized carbons (Fsp3) is 0.364. The van der Waals surface area contributed by atoms with Crippen molar-refractivity contribution in [2.75, 3.05) is 18.0 Å². The second-order valence-corrected chi connectivity index (χ2v) is 3.42. The Balaban J connectivity index is 2.45. The van der Waals surface area contributed by atoms with E-state index in [-0.39, 0.29) is 0 Å². The molecule has 1 N–H and O–H groups in total. The third-order valence-corrected chi connectivity index (χ3v) is 2.59. The largest absolute Gasteiger partial charge is 0.371 e. The molecule has 0 aliphatic rings. The van der Waals surface area contributed by atoms with Crippen molar-refractivity contribution in [3.63, 3.8) is 0 Å². The molecule has 0 saturated carbocycles. The van der Waals surface area contributed by atoms with Gasteiger partial charge in [0.2, 0.25) is 5.82 Å². The lowest BCUT2D eigenvalue weighted by Crippen LogP contribution is -2.22. The lowest BCUT2D eigenvalue weighted by Gasteiger charge is -2.22. The van der Waals surface area contributed by atoms with Crippen molar-refractivity contribution in [3.8, 4) is 11.4 Å².